The van der Waals surface area contributed by atoms with E-state index in [0.29, 0.717) is 3.57 Å². The quantitative estimate of drug-likeness (QED) is 0.594. The molecule has 0 aromatic heterocycles. The van der Waals surface area contributed by atoms with Gasteiger partial charge < -0.3 is 20.2 Å². The van der Waals surface area contributed by atoms with E-state index < -0.39 is 34.6 Å². The molecular weight excluding hydrogens is 498 g/mol. The summed E-state index contributed by atoms with van der Waals surface area (Å²) in [7, 11) is 3.64. The summed E-state index contributed by atoms with van der Waals surface area (Å²) < 4.78 is 43.1. The van der Waals surface area contributed by atoms with E-state index in [2.05, 4.69) is 5.32 Å². The number of aliphatic hydroxyl groups is 1. The number of hydrogen-bond acceptors (Lipinski definition) is 4. The molecule has 2 N–H and O–H groups in total. The van der Waals surface area contributed by atoms with Gasteiger partial charge in [-0.05, 0) is 73.9 Å². The van der Waals surface area contributed by atoms with E-state index in [1.807, 2.05) is 48.5 Å². The van der Waals surface area contributed by atoms with Crippen molar-refractivity contribution in [2.45, 2.75) is 18.6 Å². The van der Waals surface area contributed by atoms with Gasteiger partial charge in [0.25, 0.3) is 5.91 Å². The van der Waals surface area contributed by atoms with Gasteiger partial charge in [0.2, 0.25) is 0 Å². The van der Waals surface area contributed by atoms with Gasteiger partial charge in [-0.1, -0.05) is 0 Å². The number of nitrogens with zero attached hydrogens (tertiary/aromatic N) is 2. The van der Waals surface area contributed by atoms with E-state index in [1.165, 1.54) is 17.0 Å². The monoisotopic (exact) mass is 519 g/mol. The second-order valence-corrected chi connectivity index (χ2v) is 8.68. The lowest BCUT2D eigenvalue weighted by molar-refractivity contribution is -0.120. The molecule has 1 amide bonds. The van der Waals surface area contributed by atoms with Crippen molar-refractivity contribution < 1.29 is 23.1 Å². The maximum Gasteiger partial charge on any atom is 0.256 e. The Morgan fingerprint density at radius 1 is 1.21 bits per heavy atom. The first-order valence-electron chi connectivity index (χ1n) is 8.91. The Morgan fingerprint density at radius 2 is 1.86 bits per heavy atom. The van der Waals surface area contributed by atoms with Crippen LogP contribution in [0.5, 0.6) is 0 Å². The van der Waals surface area contributed by atoms with Crippen molar-refractivity contribution in [3.05, 3.63) is 56.9 Å². The summed E-state index contributed by atoms with van der Waals surface area (Å²) in [5.74, 6) is -3.66. The van der Waals surface area contributed by atoms with Gasteiger partial charge in [-0.3, -0.25) is 4.79 Å². The summed E-state index contributed by atoms with van der Waals surface area (Å²) in [4.78, 5) is 16.1. The van der Waals surface area contributed by atoms with E-state index >= 15 is 0 Å². The molecule has 0 bridgehead atoms. The number of amides is 1. The smallest absolute Gasteiger partial charge is 0.256 e. The lowest BCUT2D eigenvalue weighted by Crippen LogP contribution is -2.70. The predicted octanol–water partition coefficient (Wildman–Crippen LogP) is 3.59. The van der Waals surface area contributed by atoms with Gasteiger partial charge in [0.15, 0.2) is 11.6 Å². The molecule has 3 rings (SSSR count). The molecule has 1 aliphatic rings. The zero-order chi connectivity index (χ0) is 21.5. The number of likely N-dealkylation sites (N-methyl/N-ethyl adjacent to an activating group) is 1. The molecule has 5 nitrogen and oxygen atoms in total. The van der Waals surface area contributed by atoms with Crippen LogP contribution in [0.2, 0.25) is 0 Å². The third-order valence-corrected chi connectivity index (χ3v) is 5.96. The Morgan fingerprint density at radius 3 is 2.45 bits per heavy atom. The van der Waals surface area contributed by atoms with Crippen LogP contribution in [0.4, 0.5) is 24.5 Å². The Hall–Kier alpha value is -1.85. The minimum absolute atomic E-state index is 0.0571. The van der Waals surface area contributed by atoms with Crippen molar-refractivity contribution in [2.75, 3.05) is 32.5 Å². The number of anilines is 2. The summed E-state index contributed by atoms with van der Waals surface area (Å²) in [6.07, 6.45) is 0. The van der Waals surface area contributed by atoms with Gasteiger partial charge in [-0.25, -0.2) is 13.2 Å². The van der Waals surface area contributed by atoms with Crippen molar-refractivity contribution >= 4 is 39.9 Å². The largest absolute Gasteiger partial charge is 0.385 e. The number of likely N-dealkylation sites (tertiary alicyclic amines) is 1. The van der Waals surface area contributed by atoms with Crippen LogP contribution in [0.15, 0.2) is 30.3 Å². The van der Waals surface area contributed by atoms with Gasteiger partial charge in [0.1, 0.15) is 11.4 Å². The number of carbonyl (C=O) groups is 1. The molecule has 1 unspecified atom stereocenters. The second kappa shape index (κ2) is 8.11. The summed E-state index contributed by atoms with van der Waals surface area (Å²) in [6.45, 7) is 1.95. The Kier molecular flexibility index (Phi) is 6.11. The van der Waals surface area contributed by atoms with Crippen LogP contribution in [0, 0.1) is 21.0 Å². The van der Waals surface area contributed by atoms with E-state index in [0.717, 1.165) is 12.1 Å². The lowest BCUT2D eigenvalue weighted by atomic mass is 9.85. The van der Waals surface area contributed by atoms with Crippen LogP contribution in [0.1, 0.15) is 17.3 Å². The van der Waals surface area contributed by atoms with Crippen LogP contribution in [-0.2, 0) is 0 Å². The molecular formula is C20H21F3IN3O2. The third-order valence-electron chi connectivity index (χ3n) is 5.28. The van der Waals surface area contributed by atoms with Crippen molar-refractivity contribution in [1.29, 1.82) is 0 Å². The Labute approximate surface area is 180 Å². The first-order valence-corrected chi connectivity index (χ1v) is 9.99. The zero-order valence-electron chi connectivity index (χ0n) is 16.1. The van der Waals surface area contributed by atoms with Crippen molar-refractivity contribution in [2.24, 2.45) is 0 Å². The number of halogens is 4. The Bertz CT molecular complexity index is 949. The molecule has 29 heavy (non-hydrogen) atoms. The molecule has 1 heterocycles. The molecule has 0 radical (unpaired) electrons. The van der Waals surface area contributed by atoms with Gasteiger partial charge in [0, 0.05) is 9.61 Å². The molecule has 0 aliphatic carbocycles. The highest BCUT2D eigenvalue weighted by Crippen LogP contribution is 2.33. The number of hydrogen-bond donors (Lipinski definition) is 2. The van der Waals surface area contributed by atoms with Crippen LogP contribution >= 0.6 is 22.6 Å². The summed E-state index contributed by atoms with van der Waals surface area (Å²) in [6, 6.07) is 6.03. The molecule has 2 aromatic rings. The molecule has 1 atom stereocenters. The highest BCUT2D eigenvalue weighted by atomic mass is 127. The minimum atomic E-state index is -1.27. The van der Waals surface area contributed by atoms with Crippen molar-refractivity contribution in [3.63, 3.8) is 0 Å². The fraction of sp³-hybridized carbons (Fsp3) is 0.350. The van der Waals surface area contributed by atoms with E-state index in [1.54, 1.807) is 6.07 Å². The molecule has 0 spiro atoms. The van der Waals surface area contributed by atoms with Crippen molar-refractivity contribution in [1.82, 2.24) is 9.80 Å². The van der Waals surface area contributed by atoms with E-state index in [-0.39, 0.29) is 30.4 Å². The number of nitrogens with one attached hydrogen (secondary N) is 1. The molecule has 1 aliphatic heterocycles. The first kappa shape index (κ1) is 21.8. The highest BCUT2D eigenvalue weighted by Gasteiger charge is 2.48. The van der Waals surface area contributed by atoms with Gasteiger partial charge in [-0.15, -0.1) is 0 Å². The summed E-state index contributed by atoms with van der Waals surface area (Å²) in [5.41, 5.74) is -1.74. The SMILES string of the molecule is CC(N(C)C)C1(O)CN(C(=O)c2ccc(F)c(F)c2Nc2ccc(I)cc2F)C1. The maximum atomic E-state index is 14.5. The van der Waals surface area contributed by atoms with Crippen LogP contribution in [-0.4, -0.2) is 59.6 Å². The van der Waals surface area contributed by atoms with Crippen molar-refractivity contribution in [3.8, 4) is 0 Å². The molecule has 1 saturated heterocycles. The van der Waals surface area contributed by atoms with Crippen LogP contribution < -0.4 is 5.32 Å². The second-order valence-electron chi connectivity index (χ2n) is 7.44. The van der Waals surface area contributed by atoms with Crippen LogP contribution in [0.25, 0.3) is 0 Å². The normalized spacial score (nSPS) is 16.5. The van der Waals surface area contributed by atoms with Gasteiger partial charge in [0.05, 0.1) is 30.0 Å². The minimum Gasteiger partial charge on any atom is -0.385 e. The molecule has 2 aromatic carbocycles. The predicted molar refractivity (Wildman–Crippen MR) is 113 cm³/mol. The molecule has 1 fully saturated rings. The third kappa shape index (κ3) is 4.22. The standard InChI is InChI=1S/C20H21F3IN3O2/c1-11(26(2)3)20(29)9-27(10-20)19(28)13-5-6-14(21)17(23)18(13)25-16-7-4-12(24)8-15(16)22/h4-8,11,25,29H,9-10H2,1-3H3. The maximum absolute atomic E-state index is 14.5. The lowest BCUT2D eigenvalue weighted by Gasteiger charge is -2.51. The first-order chi connectivity index (χ1) is 13.5. The number of β-amino-alcohol motifs (C(OH)–C–C–N with tert-alkyl or cyclic N) is 1. The molecule has 0 saturated carbocycles. The molecule has 9 heteroatoms. The Balaban J connectivity index is 1.89. The number of benzene rings is 2. The van der Waals surface area contributed by atoms with E-state index in [4.69, 9.17) is 0 Å². The average Bonchev–Trinajstić information content (AvgIpc) is 2.63. The topological polar surface area (TPSA) is 55.8 Å². The fourth-order valence-electron chi connectivity index (χ4n) is 3.25. The number of rotatable bonds is 5. The van der Waals surface area contributed by atoms with Gasteiger partial charge in [-0.2, -0.15) is 0 Å². The van der Waals surface area contributed by atoms with Gasteiger partial charge >= 0.3 is 0 Å². The zero-order valence-corrected chi connectivity index (χ0v) is 18.3. The summed E-state index contributed by atoms with van der Waals surface area (Å²) in [5, 5.41) is 13.2. The van der Waals surface area contributed by atoms with Crippen LogP contribution in [0.3, 0.4) is 0 Å². The fourth-order valence-corrected chi connectivity index (χ4v) is 3.70. The molecule has 156 valence electrons. The average molecular weight is 519 g/mol. The van der Waals surface area contributed by atoms with E-state index in [9.17, 15) is 23.1 Å². The highest BCUT2D eigenvalue weighted by molar-refractivity contribution is 14.1. The summed E-state index contributed by atoms with van der Waals surface area (Å²) >= 11 is 1.93. The number of carbonyl (C=O) groups excluding carboxylic acids is 1.